The number of aryl methyl sites for hydroxylation is 4. The summed E-state index contributed by atoms with van der Waals surface area (Å²) in [5.41, 5.74) is 2.00. The van der Waals surface area contributed by atoms with Crippen molar-refractivity contribution in [1.82, 2.24) is 29.2 Å². The molecule has 0 bridgehead atoms. The molecule has 0 atom stereocenters. The molecular weight excluding hydrogens is 326 g/mol. The molecule has 0 unspecified atom stereocenters. The van der Waals surface area contributed by atoms with Gasteiger partial charge >= 0.3 is 5.97 Å². The van der Waals surface area contributed by atoms with E-state index >= 15 is 0 Å². The number of carbonyl (C=O) groups excluding carboxylic acids is 1. The second kappa shape index (κ2) is 7.16. The van der Waals surface area contributed by atoms with E-state index in [0.29, 0.717) is 35.0 Å². The van der Waals surface area contributed by atoms with Crippen LogP contribution in [-0.2, 0) is 4.74 Å². The number of nitrogen functional groups attached to an aromatic ring is 1. The smallest absolute Gasteiger partial charge is 0.358 e. The number of hydrogen-bond acceptors (Lipinski definition) is 7. The Morgan fingerprint density at radius 2 is 1.84 bits per heavy atom. The minimum Gasteiger partial charge on any atom is -0.461 e. The lowest BCUT2D eigenvalue weighted by Crippen LogP contribution is -2.20. The maximum atomic E-state index is 11.3. The summed E-state index contributed by atoms with van der Waals surface area (Å²) in [6.45, 7) is 9.14. The summed E-state index contributed by atoms with van der Waals surface area (Å²) in [4.78, 5) is 33.3. The summed E-state index contributed by atoms with van der Waals surface area (Å²) in [6.07, 6.45) is 1.36. The molecule has 0 saturated heterocycles. The van der Waals surface area contributed by atoms with Gasteiger partial charge in [-0.1, -0.05) is 0 Å². The first-order chi connectivity index (χ1) is 11.8. The van der Waals surface area contributed by atoms with Gasteiger partial charge in [0.2, 0.25) is 0 Å². The van der Waals surface area contributed by atoms with E-state index in [9.17, 15) is 9.59 Å². The molecule has 25 heavy (non-hydrogen) atoms. The number of nitrogens with two attached hydrogens (primary N) is 1. The van der Waals surface area contributed by atoms with Gasteiger partial charge in [-0.05, 0) is 34.6 Å². The van der Waals surface area contributed by atoms with Crippen molar-refractivity contribution in [2.24, 2.45) is 0 Å². The third-order valence-electron chi connectivity index (χ3n) is 3.51. The van der Waals surface area contributed by atoms with Crippen LogP contribution in [0.3, 0.4) is 0 Å². The van der Waals surface area contributed by atoms with Crippen molar-refractivity contribution in [3.63, 3.8) is 0 Å². The molecule has 0 fully saturated rings. The first kappa shape index (κ1) is 18.2. The van der Waals surface area contributed by atoms with Crippen LogP contribution in [0.5, 0.6) is 0 Å². The van der Waals surface area contributed by atoms with E-state index in [0.717, 1.165) is 5.82 Å². The summed E-state index contributed by atoms with van der Waals surface area (Å²) < 4.78 is 7.60. The number of hydrogen-bond donors (Lipinski definition) is 2. The highest BCUT2D eigenvalue weighted by molar-refractivity contribution is 5.89. The van der Waals surface area contributed by atoms with Gasteiger partial charge in [-0.15, -0.1) is 0 Å². The lowest BCUT2D eigenvalue weighted by molar-refractivity contribution is 0.0515. The van der Waals surface area contributed by atoms with Gasteiger partial charge < -0.3 is 15.6 Å². The van der Waals surface area contributed by atoms with Crippen LogP contribution in [0.2, 0.25) is 0 Å². The zero-order chi connectivity index (χ0) is 18.7. The second-order valence-corrected chi connectivity index (χ2v) is 5.31. The fourth-order valence-electron chi connectivity index (χ4n) is 2.40. The largest absolute Gasteiger partial charge is 0.461 e. The quantitative estimate of drug-likeness (QED) is 0.507. The first-order valence-corrected chi connectivity index (χ1v) is 7.65. The van der Waals surface area contributed by atoms with E-state index in [4.69, 9.17) is 10.6 Å². The summed E-state index contributed by atoms with van der Waals surface area (Å²) in [5.74, 6) is 6.49. The fraction of sp³-hybridized carbons (Fsp3) is 0.400. The Hall–Kier alpha value is -3.17. The number of esters is 1. The average Bonchev–Trinajstić information content (AvgIpc) is 2.97. The van der Waals surface area contributed by atoms with Crippen molar-refractivity contribution in [1.29, 1.82) is 0 Å². The Bertz CT molecular complexity index is 968. The molecule has 0 aliphatic rings. The molecule has 0 aromatic carbocycles. The number of imidazole rings is 2. The lowest BCUT2D eigenvalue weighted by Gasteiger charge is -2.03. The van der Waals surface area contributed by atoms with Crippen LogP contribution < -0.4 is 11.4 Å². The van der Waals surface area contributed by atoms with Gasteiger partial charge in [0, 0.05) is 0 Å². The predicted molar refractivity (Wildman–Crippen MR) is 90.9 cm³/mol. The molecule has 3 N–H and O–H groups in total. The molecule has 0 radical (unpaired) electrons. The number of aromatic amines is 1. The number of fused-ring (bicyclic) bond motifs is 1. The van der Waals surface area contributed by atoms with Gasteiger partial charge in [-0.3, -0.25) is 4.79 Å². The van der Waals surface area contributed by atoms with E-state index in [1.54, 1.807) is 27.7 Å². The molecule has 0 aliphatic carbocycles. The minimum absolute atomic E-state index is 0.150. The minimum atomic E-state index is -0.428. The monoisotopic (exact) mass is 347 g/mol. The summed E-state index contributed by atoms with van der Waals surface area (Å²) >= 11 is 0. The predicted octanol–water partition coefficient (Wildman–Crippen LogP) is 0.425. The third-order valence-corrected chi connectivity index (χ3v) is 3.51. The summed E-state index contributed by atoms with van der Waals surface area (Å²) in [5, 5.41) is 3.96. The molecular formula is C15H21N7O3. The van der Waals surface area contributed by atoms with Crippen LogP contribution in [0.15, 0.2) is 11.1 Å². The highest BCUT2D eigenvalue weighted by Gasteiger charge is 2.18. The number of rotatable bonds is 2. The summed E-state index contributed by atoms with van der Waals surface area (Å²) in [6, 6.07) is 0. The molecule has 3 heterocycles. The zero-order valence-electron chi connectivity index (χ0n) is 14.8. The Kier molecular flexibility index (Phi) is 5.20. The van der Waals surface area contributed by atoms with Gasteiger partial charge in [-0.25, -0.2) is 24.0 Å². The Morgan fingerprint density at radius 3 is 2.36 bits per heavy atom. The van der Waals surface area contributed by atoms with Gasteiger partial charge in [-0.2, -0.15) is 5.10 Å². The van der Waals surface area contributed by atoms with Gasteiger partial charge in [0.05, 0.1) is 18.0 Å². The molecule has 0 amide bonds. The molecule has 10 heteroatoms. The molecule has 3 rings (SSSR count). The normalized spacial score (nSPS) is 10.4. The standard InChI is InChI=1S/C8H13N3O2.C7H8N4O/c1-4-13-8(12)7-5(2)10-6(3)11(7)9;1-4-6-7(12)8-3-9-11(6)5(2)10-4/h4,9H2,1-3H3;3H,1-2H3,(H,8,9,12). The number of carbonyl (C=O) groups is 1. The van der Waals surface area contributed by atoms with Crippen molar-refractivity contribution in [2.45, 2.75) is 34.6 Å². The number of aromatic nitrogens is 6. The Morgan fingerprint density at radius 1 is 1.20 bits per heavy atom. The highest BCUT2D eigenvalue weighted by Crippen LogP contribution is 2.08. The van der Waals surface area contributed by atoms with Crippen molar-refractivity contribution >= 4 is 11.5 Å². The number of ether oxygens (including phenoxy) is 1. The fourth-order valence-corrected chi connectivity index (χ4v) is 2.40. The highest BCUT2D eigenvalue weighted by atomic mass is 16.5. The number of nitrogens with zero attached hydrogens (tertiary/aromatic N) is 5. The number of nitrogens with one attached hydrogen (secondary N) is 1. The molecule has 0 saturated carbocycles. The van der Waals surface area contributed by atoms with E-state index < -0.39 is 5.97 Å². The maximum Gasteiger partial charge on any atom is 0.358 e. The van der Waals surface area contributed by atoms with Crippen molar-refractivity contribution in [3.05, 3.63) is 45.4 Å². The van der Waals surface area contributed by atoms with E-state index in [-0.39, 0.29) is 5.56 Å². The molecule has 3 aromatic rings. The Labute approximate surface area is 143 Å². The van der Waals surface area contributed by atoms with Crippen LogP contribution in [0.4, 0.5) is 0 Å². The van der Waals surface area contributed by atoms with Crippen LogP contribution in [-0.4, -0.2) is 41.8 Å². The SMILES string of the molecule is CCOC(=O)c1c(C)nc(C)n1N.Cc1nc(C)n2nc[nH]c(=O)c12. The molecule has 10 nitrogen and oxygen atoms in total. The maximum absolute atomic E-state index is 11.3. The Balaban J connectivity index is 0.000000181. The van der Waals surface area contributed by atoms with Gasteiger partial charge in [0.25, 0.3) is 5.56 Å². The second-order valence-electron chi connectivity index (χ2n) is 5.31. The zero-order valence-corrected chi connectivity index (χ0v) is 14.8. The van der Waals surface area contributed by atoms with Gasteiger partial charge in [0.1, 0.15) is 18.0 Å². The van der Waals surface area contributed by atoms with Crippen molar-refractivity contribution < 1.29 is 9.53 Å². The average molecular weight is 347 g/mol. The topological polar surface area (TPSA) is 133 Å². The van der Waals surface area contributed by atoms with Crippen LogP contribution in [0.25, 0.3) is 5.52 Å². The van der Waals surface area contributed by atoms with E-state index in [1.165, 1.54) is 15.5 Å². The third kappa shape index (κ3) is 3.52. The van der Waals surface area contributed by atoms with E-state index in [1.807, 2.05) is 6.92 Å². The van der Waals surface area contributed by atoms with Crippen molar-refractivity contribution in [3.8, 4) is 0 Å². The van der Waals surface area contributed by atoms with E-state index in [2.05, 4.69) is 20.1 Å². The first-order valence-electron chi connectivity index (χ1n) is 7.65. The van der Waals surface area contributed by atoms with Crippen LogP contribution >= 0.6 is 0 Å². The van der Waals surface area contributed by atoms with Crippen LogP contribution in [0.1, 0.15) is 40.4 Å². The number of H-pyrrole nitrogens is 1. The summed E-state index contributed by atoms with van der Waals surface area (Å²) in [7, 11) is 0. The molecule has 0 aliphatic heterocycles. The lowest BCUT2D eigenvalue weighted by atomic mass is 10.3. The molecule has 0 spiro atoms. The van der Waals surface area contributed by atoms with Gasteiger partial charge in [0.15, 0.2) is 11.2 Å². The molecule has 3 aromatic heterocycles. The van der Waals surface area contributed by atoms with Crippen molar-refractivity contribution in [2.75, 3.05) is 12.4 Å². The molecule has 134 valence electrons. The van der Waals surface area contributed by atoms with Crippen LogP contribution in [0, 0.1) is 27.7 Å².